The maximum atomic E-state index is 13.7. The lowest BCUT2D eigenvalue weighted by Gasteiger charge is -2.12. The Morgan fingerprint density at radius 1 is 1.26 bits per heavy atom. The smallest absolute Gasteiger partial charge is 0.150 e. The molecule has 0 fully saturated rings. The molecule has 100 valence electrons. The third-order valence-corrected chi connectivity index (χ3v) is 3.28. The SMILES string of the molecule is CCc1c(Cl)ncnc1Nc1c(F)cc(Br)cc1F. The van der Waals surface area contributed by atoms with Crippen LogP contribution >= 0.6 is 27.5 Å². The van der Waals surface area contributed by atoms with Crippen LogP contribution in [0.1, 0.15) is 12.5 Å². The molecule has 0 spiro atoms. The number of halogens is 4. The van der Waals surface area contributed by atoms with Crippen LogP contribution in [-0.2, 0) is 6.42 Å². The molecule has 0 saturated carbocycles. The average molecular weight is 349 g/mol. The van der Waals surface area contributed by atoms with Crippen molar-refractivity contribution in [3.8, 4) is 0 Å². The Hall–Kier alpha value is -1.27. The second-order valence-corrected chi connectivity index (χ2v) is 4.99. The number of nitrogens with zero attached hydrogens (tertiary/aromatic N) is 2. The lowest BCUT2D eigenvalue weighted by Crippen LogP contribution is -2.04. The molecule has 2 rings (SSSR count). The van der Waals surface area contributed by atoms with Crippen molar-refractivity contribution in [3.63, 3.8) is 0 Å². The van der Waals surface area contributed by atoms with Gasteiger partial charge in [-0.1, -0.05) is 34.5 Å². The highest BCUT2D eigenvalue weighted by molar-refractivity contribution is 9.10. The third-order valence-electron chi connectivity index (χ3n) is 2.50. The zero-order valence-electron chi connectivity index (χ0n) is 9.85. The van der Waals surface area contributed by atoms with Crippen LogP contribution in [0.2, 0.25) is 5.15 Å². The molecule has 3 nitrogen and oxygen atoms in total. The van der Waals surface area contributed by atoms with Crippen LogP contribution in [-0.4, -0.2) is 9.97 Å². The summed E-state index contributed by atoms with van der Waals surface area (Å²) in [6.07, 6.45) is 1.78. The van der Waals surface area contributed by atoms with E-state index in [1.165, 1.54) is 18.5 Å². The summed E-state index contributed by atoms with van der Waals surface area (Å²) in [6, 6.07) is 2.33. The molecule has 0 aliphatic heterocycles. The number of rotatable bonds is 3. The molecule has 0 unspecified atom stereocenters. The number of anilines is 2. The zero-order valence-corrected chi connectivity index (χ0v) is 12.2. The van der Waals surface area contributed by atoms with E-state index in [0.29, 0.717) is 22.3 Å². The van der Waals surface area contributed by atoms with Gasteiger partial charge in [0.25, 0.3) is 0 Å². The van der Waals surface area contributed by atoms with Gasteiger partial charge >= 0.3 is 0 Å². The van der Waals surface area contributed by atoms with E-state index < -0.39 is 11.6 Å². The van der Waals surface area contributed by atoms with E-state index in [-0.39, 0.29) is 10.8 Å². The molecule has 7 heteroatoms. The lowest BCUT2D eigenvalue weighted by atomic mass is 10.2. The molecular weight excluding hydrogens is 340 g/mol. The maximum absolute atomic E-state index is 13.7. The Morgan fingerprint density at radius 3 is 2.47 bits per heavy atom. The lowest BCUT2D eigenvalue weighted by molar-refractivity contribution is 0.589. The first-order chi connectivity index (χ1) is 9.02. The molecular formula is C12H9BrClF2N3. The molecule has 19 heavy (non-hydrogen) atoms. The minimum absolute atomic E-state index is 0.262. The van der Waals surface area contributed by atoms with Gasteiger partial charge in [-0.2, -0.15) is 0 Å². The van der Waals surface area contributed by atoms with Crippen molar-refractivity contribution >= 4 is 39.0 Å². The number of hydrogen-bond acceptors (Lipinski definition) is 3. The van der Waals surface area contributed by atoms with E-state index in [4.69, 9.17) is 11.6 Å². The summed E-state index contributed by atoms with van der Waals surface area (Å²) in [4.78, 5) is 7.79. The summed E-state index contributed by atoms with van der Waals surface area (Å²) >= 11 is 8.93. The fourth-order valence-corrected chi connectivity index (χ4v) is 2.26. The number of hydrogen-bond donors (Lipinski definition) is 1. The maximum Gasteiger partial charge on any atom is 0.150 e. The summed E-state index contributed by atoms with van der Waals surface area (Å²) in [5.74, 6) is -1.14. The van der Waals surface area contributed by atoms with Crippen molar-refractivity contribution < 1.29 is 8.78 Å². The van der Waals surface area contributed by atoms with Gasteiger partial charge in [-0.15, -0.1) is 0 Å². The number of benzene rings is 1. The number of aromatic nitrogens is 2. The highest BCUT2D eigenvalue weighted by atomic mass is 79.9. The summed E-state index contributed by atoms with van der Waals surface area (Å²) in [7, 11) is 0. The fourth-order valence-electron chi connectivity index (χ4n) is 1.59. The van der Waals surface area contributed by atoms with Crippen LogP contribution in [0.3, 0.4) is 0 Å². The molecule has 0 saturated heterocycles. The van der Waals surface area contributed by atoms with E-state index in [9.17, 15) is 8.78 Å². The molecule has 0 amide bonds. The molecule has 0 aliphatic carbocycles. The van der Waals surface area contributed by atoms with Gasteiger partial charge in [0.2, 0.25) is 0 Å². The Bertz CT molecular complexity index is 599. The van der Waals surface area contributed by atoms with Gasteiger partial charge in [-0.25, -0.2) is 18.7 Å². The molecule has 0 radical (unpaired) electrons. The van der Waals surface area contributed by atoms with Crippen molar-refractivity contribution in [2.24, 2.45) is 0 Å². The highest BCUT2D eigenvalue weighted by Gasteiger charge is 2.14. The summed E-state index contributed by atoms with van der Waals surface area (Å²) < 4.78 is 27.8. The van der Waals surface area contributed by atoms with Crippen molar-refractivity contribution in [2.45, 2.75) is 13.3 Å². The first-order valence-electron chi connectivity index (χ1n) is 5.43. The van der Waals surface area contributed by atoms with Crippen molar-refractivity contribution in [3.05, 3.63) is 45.3 Å². The van der Waals surface area contributed by atoms with Gasteiger partial charge in [-0.05, 0) is 18.6 Å². The summed E-state index contributed by atoms with van der Waals surface area (Å²) in [6.45, 7) is 1.85. The van der Waals surface area contributed by atoms with E-state index >= 15 is 0 Å². The Labute approximate surface area is 122 Å². The largest absolute Gasteiger partial charge is 0.335 e. The molecule has 1 aromatic carbocycles. The van der Waals surface area contributed by atoms with Crippen LogP contribution in [0.15, 0.2) is 22.9 Å². The van der Waals surface area contributed by atoms with Crippen LogP contribution < -0.4 is 5.32 Å². The van der Waals surface area contributed by atoms with Gasteiger partial charge in [0.1, 0.15) is 23.0 Å². The standard InChI is InChI=1S/C12H9BrClF2N3/c1-2-7-11(14)17-5-18-12(7)19-10-8(15)3-6(13)4-9(10)16/h3-5H,2H2,1H3,(H,17,18,19). The molecule has 1 aromatic heterocycles. The normalized spacial score (nSPS) is 10.6. The molecule has 0 atom stereocenters. The predicted molar refractivity (Wildman–Crippen MR) is 73.8 cm³/mol. The minimum Gasteiger partial charge on any atom is -0.335 e. The van der Waals surface area contributed by atoms with Gasteiger partial charge in [0.05, 0.1) is 0 Å². The van der Waals surface area contributed by atoms with E-state index in [2.05, 4.69) is 31.2 Å². The number of nitrogens with one attached hydrogen (secondary N) is 1. The molecule has 2 aromatic rings. The molecule has 0 bridgehead atoms. The third kappa shape index (κ3) is 3.01. The summed E-state index contributed by atoms with van der Waals surface area (Å²) in [5.41, 5.74) is 0.332. The summed E-state index contributed by atoms with van der Waals surface area (Å²) in [5, 5.41) is 2.88. The molecule has 1 heterocycles. The monoisotopic (exact) mass is 347 g/mol. The Kier molecular flexibility index (Phi) is 4.31. The van der Waals surface area contributed by atoms with Gasteiger partial charge in [-0.3, -0.25) is 0 Å². The van der Waals surface area contributed by atoms with Crippen LogP contribution in [0.5, 0.6) is 0 Å². The fraction of sp³-hybridized carbons (Fsp3) is 0.167. The first kappa shape index (κ1) is 14.1. The van der Waals surface area contributed by atoms with Crippen molar-refractivity contribution in [1.29, 1.82) is 0 Å². The van der Waals surface area contributed by atoms with Crippen molar-refractivity contribution in [1.82, 2.24) is 9.97 Å². The Morgan fingerprint density at radius 2 is 1.89 bits per heavy atom. The zero-order chi connectivity index (χ0) is 14.0. The second-order valence-electron chi connectivity index (χ2n) is 3.71. The van der Waals surface area contributed by atoms with Gasteiger partial charge < -0.3 is 5.32 Å². The van der Waals surface area contributed by atoms with Crippen molar-refractivity contribution in [2.75, 3.05) is 5.32 Å². The first-order valence-corrected chi connectivity index (χ1v) is 6.61. The Balaban J connectivity index is 2.45. The minimum atomic E-state index is -0.719. The quantitative estimate of drug-likeness (QED) is 0.831. The van der Waals surface area contributed by atoms with Crippen LogP contribution in [0, 0.1) is 11.6 Å². The molecule has 1 N–H and O–H groups in total. The van der Waals surface area contributed by atoms with E-state index in [1.807, 2.05) is 6.92 Å². The van der Waals surface area contributed by atoms with Gasteiger partial charge in [0.15, 0.2) is 11.6 Å². The van der Waals surface area contributed by atoms with E-state index in [0.717, 1.165) is 0 Å². The average Bonchev–Trinajstić information content (AvgIpc) is 2.34. The predicted octanol–water partition coefficient (Wildman–Crippen LogP) is 4.48. The second kappa shape index (κ2) is 5.79. The van der Waals surface area contributed by atoms with Gasteiger partial charge in [0, 0.05) is 10.0 Å². The topological polar surface area (TPSA) is 37.8 Å². The van der Waals surface area contributed by atoms with Crippen LogP contribution in [0.4, 0.5) is 20.3 Å². The highest BCUT2D eigenvalue weighted by Crippen LogP contribution is 2.29. The molecule has 0 aliphatic rings. The van der Waals surface area contributed by atoms with E-state index in [1.54, 1.807) is 0 Å². The van der Waals surface area contributed by atoms with Crippen LogP contribution in [0.25, 0.3) is 0 Å².